The van der Waals surface area contributed by atoms with Gasteiger partial charge in [0.05, 0.1) is 21.7 Å². The molecule has 1 aliphatic heterocycles. The average molecular weight is 473 g/mol. The zero-order valence-corrected chi connectivity index (χ0v) is 19.5. The van der Waals surface area contributed by atoms with Crippen LogP contribution < -0.4 is 5.32 Å². The topological polar surface area (TPSA) is 96.1 Å². The van der Waals surface area contributed by atoms with Gasteiger partial charge in [-0.15, -0.1) is 0 Å². The molecule has 0 spiro atoms. The molecule has 170 valence electrons. The molecule has 2 heterocycles. The first kappa shape index (κ1) is 21.7. The number of hydrogen-bond acceptors (Lipinski definition) is 5. The predicted octanol–water partition coefficient (Wildman–Crippen LogP) is 2.82. The van der Waals surface area contributed by atoms with Gasteiger partial charge in [-0.1, -0.05) is 24.3 Å². The number of hydrogen-bond donors (Lipinski definition) is 2. The summed E-state index contributed by atoms with van der Waals surface area (Å²) >= 11 is 0. The smallest absolute Gasteiger partial charge is 0.183 e. The van der Waals surface area contributed by atoms with Crippen molar-refractivity contribution in [2.24, 2.45) is 0 Å². The maximum absolute atomic E-state index is 13.5. The van der Waals surface area contributed by atoms with Crippen LogP contribution in [0.2, 0.25) is 0 Å². The number of aromatic amines is 1. The highest BCUT2D eigenvalue weighted by atomic mass is 32.2. The quantitative estimate of drug-likeness (QED) is 0.575. The lowest BCUT2D eigenvalue weighted by atomic mass is 9.92. The molecule has 2 aromatic carbocycles. The van der Waals surface area contributed by atoms with Crippen molar-refractivity contribution in [1.82, 2.24) is 10.3 Å². The minimum Gasteiger partial charge on any atom is -0.361 e. The van der Waals surface area contributed by atoms with Gasteiger partial charge < -0.3 is 10.3 Å². The number of para-hydroxylation sites is 1. The number of benzene rings is 2. The van der Waals surface area contributed by atoms with Crippen molar-refractivity contribution in [3.63, 3.8) is 0 Å². The molecule has 0 radical (unpaired) electrons. The number of aryl methyl sites for hydroxylation is 2. The van der Waals surface area contributed by atoms with Crippen molar-refractivity contribution in [2.75, 3.05) is 18.1 Å². The number of sulfone groups is 2. The van der Waals surface area contributed by atoms with Crippen LogP contribution in [-0.4, -0.2) is 51.2 Å². The molecular weight excluding hydrogens is 444 g/mol. The Morgan fingerprint density at radius 3 is 2.62 bits per heavy atom. The normalized spacial score (nSPS) is 22.8. The van der Waals surface area contributed by atoms with Crippen molar-refractivity contribution in [1.29, 1.82) is 0 Å². The van der Waals surface area contributed by atoms with Gasteiger partial charge in [0.15, 0.2) is 19.7 Å². The van der Waals surface area contributed by atoms with Crippen molar-refractivity contribution < 1.29 is 16.8 Å². The third kappa shape index (κ3) is 4.11. The molecule has 6 nitrogen and oxygen atoms in total. The second-order valence-corrected chi connectivity index (χ2v) is 13.3. The number of nitrogens with one attached hydrogen (secondary N) is 2. The Hall–Kier alpha value is -2.16. The van der Waals surface area contributed by atoms with E-state index >= 15 is 0 Å². The van der Waals surface area contributed by atoms with E-state index in [1.165, 1.54) is 5.56 Å². The van der Waals surface area contributed by atoms with Gasteiger partial charge in [-0.25, -0.2) is 16.8 Å². The Kier molecular flexibility index (Phi) is 5.63. The fraction of sp³-hybridized carbons (Fsp3) is 0.417. The van der Waals surface area contributed by atoms with Gasteiger partial charge >= 0.3 is 0 Å². The highest BCUT2D eigenvalue weighted by molar-refractivity contribution is 7.96. The number of H-pyrrole nitrogens is 1. The van der Waals surface area contributed by atoms with Crippen LogP contribution in [0, 0.1) is 0 Å². The van der Waals surface area contributed by atoms with Crippen LogP contribution >= 0.6 is 0 Å². The molecule has 0 bridgehead atoms. The van der Waals surface area contributed by atoms with E-state index in [2.05, 4.69) is 10.3 Å². The molecule has 0 saturated carbocycles. The van der Waals surface area contributed by atoms with E-state index in [1.54, 1.807) is 12.1 Å². The summed E-state index contributed by atoms with van der Waals surface area (Å²) in [6.45, 7) is 0.512. The summed E-state index contributed by atoms with van der Waals surface area (Å²) in [5.74, 6) is -0.465. The maximum atomic E-state index is 13.5. The molecule has 0 amide bonds. The SMILES string of the molecule is O=S1(=O)C[C@H](NCCc2c[nH]c3ccccc23)[C@@H](S(=O)(=O)c2ccc3c(c2)CCCC3)C1. The third-order valence-corrected chi connectivity index (χ3v) is 11.0. The fourth-order valence-corrected chi connectivity index (χ4v) is 9.87. The summed E-state index contributed by atoms with van der Waals surface area (Å²) < 4.78 is 51.8. The minimum atomic E-state index is -3.76. The Morgan fingerprint density at radius 1 is 1.00 bits per heavy atom. The Balaban J connectivity index is 1.35. The van der Waals surface area contributed by atoms with E-state index in [1.807, 2.05) is 36.5 Å². The lowest BCUT2D eigenvalue weighted by Gasteiger charge is -2.22. The van der Waals surface area contributed by atoms with E-state index in [0.717, 1.165) is 47.7 Å². The summed E-state index contributed by atoms with van der Waals surface area (Å²) in [5.41, 5.74) is 4.48. The largest absolute Gasteiger partial charge is 0.361 e. The first-order valence-electron chi connectivity index (χ1n) is 11.2. The second-order valence-electron chi connectivity index (χ2n) is 8.97. The molecule has 3 aromatic rings. The van der Waals surface area contributed by atoms with Crippen LogP contribution in [0.15, 0.2) is 53.6 Å². The summed E-state index contributed by atoms with van der Waals surface area (Å²) in [7, 11) is -7.18. The fourth-order valence-electron chi connectivity index (χ4n) is 5.10. The van der Waals surface area contributed by atoms with Gasteiger partial charge in [0.25, 0.3) is 0 Å². The van der Waals surface area contributed by atoms with Gasteiger partial charge in [-0.3, -0.25) is 0 Å². The Labute approximate surface area is 189 Å². The zero-order valence-electron chi connectivity index (χ0n) is 17.9. The lowest BCUT2D eigenvalue weighted by molar-refractivity contribution is 0.528. The molecule has 0 unspecified atom stereocenters. The minimum absolute atomic E-state index is 0.143. The summed E-state index contributed by atoms with van der Waals surface area (Å²) in [6, 6.07) is 12.8. The van der Waals surface area contributed by atoms with Gasteiger partial charge in [0.2, 0.25) is 0 Å². The van der Waals surface area contributed by atoms with Gasteiger partial charge in [0, 0.05) is 23.1 Å². The molecule has 1 saturated heterocycles. The predicted molar refractivity (Wildman–Crippen MR) is 127 cm³/mol. The molecule has 2 atom stereocenters. The standard InChI is InChI=1S/C24H28N2O4S2/c27-31(28)15-23(25-12-11-19-14-26-22-8-4-3-7-21(19)22)24(16-31)32(29,30)20-10-9-17-5-1-2-6-18(17)13-20/h3-4,7-10,13-14,23-26H,1-2,5-6,11-12,15-16H2/t23-,24-/m0/s1. The van der Waals surface area contributed by atoms with Gasteiger partial charge in [-0.2, -0.15) is 0 Å². The van der Waals surface area contributed by atoms with E-state index < -0.39 is 31.0 Å². The highest BCUT2D eigenvalue weighted by Crippen LogP contribution is 2.30. The van der Waals surface area contributed by atoms with Crippen LogP contribution in [0.1, 0.15) is 29.5 Å². The van der Waals surface area contributed by atoms with Crippen LogP contribution in [0.3, 0.4) is 0 Å². The molecular formula is C24H28N2O4S2. The molecule has 2 aliphatic rings. The first-order chi connectivity index (χ1) is 15.3. The molecule has 1 aromatic heterocycles. The second kappa shape index (κ2) is 8.32. The monoisotopic (exact) mass is 472 g/mol. The van der Waals surface area contributed by atoms with Gasteiger partial charge in [0.1, 0.15) is 0 Å². The number of rotatable bonds is 6. The zero-order chi connectivity index (χ0) is 22.3. The van der Waals surface area contributed by atoms with Gasteiger partial charge in [-0.05, 0) is 73.5 Å². The van der Waals surface area contributed by atoms with E-state index in [4.69, 9.17) is 0 Å². The van der Waals surface area contributed by atoms with Crippen LogP contribution in [0.4, 0.5) is 0 Å². The molecule has 5 rings (SSSR count). The molecule has 1 aliphatic carbocycles. The Morgan fingerprint density at radius 2 is 1.78 bits per heavy atom. The first-order valence-corrected chi connectivity index (χ1v) is 14.5. The van der Waals surface area contributed by atoms with Crippen LogP contribution in [0.5, 0.6) is 0 Å². The average Bonchev–Trinajstić information content (AvgIpc) is 3.34. The Bertz CT molecular complexity index is 1360. The molecule has 8 heteroatoms. The summed E-state index contributed by atoms with van der Waals surface area (Å²) in [6.07, 6.45) is 6.69. The van der Waals surface area contributed by atoms with E-state index in [0.29, 0.717) is 13.0 Å². The number of fused-ring (bicyclic) bond motifs is 2. The van der Waals surface area contributed by atoms with Crippen molar-refractivity contribution in [2.45, 2.75) is 48.3 Å². The lowest BCUT2D eigenvalue weighted by Crippen LogP contribution is -2.44. The van der Waals surface area contributed by atoms with Crippen molar-refractivity contribution in [3.05, 3.63) is 65.4 Å². The van der Waals surface area contributed by atoms with E-state index in [-0.39, 0.29) is 16.4 Å². The van der Waals surface area contributed by atoms with Crippen LogP contribution in [0.25, 0.3) is 10.9 Å². The van der Waals surface area contributed by atoms with Crippen LogP contribution in [-0.2, 0) is 38.9 Å². The maximum Gasteiger partial charge on any atom is 0.183 e. The highest BCUT2D eigenvalue weighted by Gasteiger charge is 2.45. The summed E-state index contributed by atoms with van der Waals surface area (Å²) in [5, 5.41) is 3.43. The summed E-state index contributed by atoms with van der Waals surface area (Å²) in [4.78, 5) is 3.49. The van der Waals surface area contributed by atoms with Crippen molar-refractivity contribution in [3.8, 4) is 0 Å². The third-order valence-electron chi connectivity index (χ3n) is 6.82. The van der Waals surface area contributed by atoms with E-state index in [9.17, 15) is 16.8 Å². The number of aromatic nitrogens is 1. The molecule has 2 N–H and O–H groups in total. The molecule has 32 heavy (non-hydrogen) atoms. The molecule has 1 fully saturated rings. The van der Waals surface area contributed by atoms with Crippen molar-refractivity contribution >= 4 is 30.6 Å².